The number of carbonyl (C=O) groups excluding carboxylic acids is 1. The van der Waals surface area contributed by atoms with Gasteiger partial charge < -0.3 is 9.26 Å². The first-order chi connectivity index (χ1) is 12.6. The molecule has 0 saturated carbocycles. The summed E-state index contributed by atoms with van der Waals surface area (Å²) in [7, 11) is 1.69. The van der Waals surface area contributed by atoms with E-state index in [1.807, 2.05) is 17.5 Å². The molecule has 4 rings (SSSR count). The van der Waals surface area contributed by atoms with Gasteiger partial charge >= 0.3 is 5.97 Å². The zero-order chi connectivity index (χ0) is 18.1. The molecule has 0 bridgehead atoms. The van der Waals surface area contributed by atoms with Crippen molar-refractivity contribution in [2.45, 2.75) is 13.2 Å². The summed E-state index contributed by atoms with van der Waals surface area (Å²) >= 11 is 1.53. The van der Waals surface area contributed by atoms with Crippen molar-refractivity contribution in [2.24, 2.45) is 7.05 Å². The Morgan fingerprint density at radius 1 is 1.42 bits per heavy atom. The topological polar surface area (TPSA) is 105 Å². The molecule has 0 fully saturated rings. The third kappa shape index (κ3) is 3.02. The molecule has 0 unspecified atom stereocenters. The molecule has 0 radical (unpaired) electrons. The molecule has 4 aromatic heterocycles. The molecule has 0 aliphatic carbocycles. The number of aromatic nitrogens is 5. The van der Waals surface area contributed by atoms with Crippen molar-refractivity contribution in [3.8, 4) is 10.6 Å². The Balaban J connectivity index is 1.42. The number of nitrogens with zero attached hydrogens (tertiary/aromatic N) is 5. The fourth-order valence-electron chi connectivity index (χ4n) is 2.43. The molecule has 0 amide bonds. The van der Waals surface area contributed by atoms with Crippen LogP contribution in [0.1, 0.15) is 5.69 Å². The van der Waals surface area contributed by atoms with Gasteiger partial charge in [0.15, 0.2) is 11.4 Å². The smallest absolute Gasteiger partial charge is 0.326 e. The summed E-state index contributed by atoms with van der Waals surface area (Å²) in [6.45, 7) is -0.280. The van der Waals surface area contributed by atoms with Crippen molar-refractivity contribution >= 4 is 28.3 Å². The Kier molecular flexibility index (Phi) is 4.09. The molecule has 0 saturated heterocycles. The molecule has 9 nitrogen and oxygen atoms in total. The Morgan fingerprint density at radius 2 is 2.31 bits per heavy atom. The zero-order valence-corrected chi connectivity index (χ0v) is 14.5. The number of fused-ring (bicyclic) bond motifs is 1. The first-order valence-electron chi connectivity index (χ1n) is 7.64. The maximum absolute atomic E-state index is 12.3. The molecule has 132 valence electrons. The van der Waals surface area contributed by atoms with Gasteiger partial charge in [-0.15, -0.1) is 11.3 Å². The van der Waals surface area contributed by atoms with Gasteiger partial charge in [-0.2, -0.15) is 5.10 Å². The van der Waals surface area contributed by atoms with Crippen molar-refractivity contribution in [3.63, 3.8) is 0 Å². The van der Waals surface area contributed by atoms with Crippen LogP contribution in [0.3, 0.4) is 0 Å². The fourth-order valence-corrected chi connectivity index (χ4v) is 3.11. The number of hydrogen-bond acceptors (Lipinski definition) is 8. The van der Waals surface area contributed by atoms with E-state index >= 15 is 0 Å². The summed E-state index contributed by atoms with van der Waals surface area (Å²) in [4.78, 5) is 29.4. The largest absolute Gasteiger partial charge is 0.458 e. The highest BCUT2D eigenvalue weighted by atomic mass is 32.1. The molecule has 10 heteroatoms. The number of esters is 1. The molecule has 0 aromatic carbocycles. The van der Waals surface area contributed by atoms with Crippen molar-refractivity contribution in [3.05, 3.63) is 52.2 Å². The molecule has 0 aliphatic rings. The highest BCUT2D eigenvalue weighted by molar-refractivity contribution is 7.13. The third-order valence-electron chi connectivity index (χ3n) is 3.72. The van der Waals surface area contributed by atoms with Crippen LogP contribution in [0.5, 0.6) is 0 Å². The number of ether oxygens (including phenoxy) is 1. The van der Waals surface area contributed by atoms with Gasteiger partial charge in [0, 0.05) is 13.1 Å². The monoisotopic (exact) mass is 371 g/mol. The van der Waals surface area contributed by atoms with E-state index in [1.165, 1.54) is 33.1 Å². The minimum absolute atomic E-state index is 0.0367. The lowest BCUT2D eigenvalue weighted by Crippen LogP contribution is -2.25. The Morgan fingerprint density at radius 3 is 3.12 bits per heavy atom. The molecular formula is C16H13N5O4S. The highest BCUT2D eigenvalue weighted by Gasteiger charge is 2.13. The van der Waals surface area contributed by atoms with E-state index in [9.17, 15) is 9.59 Å². The molecule has 4 aromatic rings. The fraction of sp³-hybridized carbons (Fsp3) is 0.188. The van der Waals surface area contributed by atoms with Crippen LogP contribution in [0.2, 0.25) is 0 Å². The second-order valence-electron chi connectivity index (χ2n) is 5.50. The van der Waals surface area contributed by atoms with Crippen LogP contribution in [-0.4, -0.2) is 30.5 Å². The third-order valence-corrected chi connectivity index (χ3v) is 4.61. The summed E-state index contributed by atoms with van der Waals surface area (Å²) in [6.07, 6.45) is 2.73. The van der Waals surface area contributed by atoms with Gasteiger partial charge in [0.2, 0.25) is 0 Å². The highest BCUT2D eigenvalue weighted by Crippen LogP contribution is 2.25. The van der Waals surface area contributed by atoms with Crippen LogP contribution >= 0.6 is 11.3 Å². The molecule has 0 N–H and O–H groups in total. The summed E-state index contributed by atoms with van der Waals surface area (Å²) < 4.78 is 13.1. The Bertz CT molecular complexity index is 1130. The van der Waals surface area contributed by atoms with Crippen LogP contribution in [-0.2, 0) is 29.7 Å². The summed E-state index contributed by atoms with van der Waals surface area (Å²) in [5, 5.41) is 10.1. The van der Waals surface area contributed by atoms with E-state index < -0.39 is 5.97 Å². The van der Waals surface area contributed by atoms with Gasteiger partial charge in [0.05, 0.1) is 11.1 Å². The second kappa shape index (κ2) is 6.56. The molecule has 4 heterocycles. The first-order valence-corrected chi connectivity index (χ1v) is 8.52. The van der Waals surface area contributed by atoms with Gasteiger partial charge in [-0.1, -0.05) is 11.2 Å². The number of carbonyl (C=O) groups is 1. The van der Waals surface area contributed by atoms with Crippen LogP contribution in [0.15, 0.2) is 45.4 Å². The van der Waals surface area contributed by atoms with Crippen LogP contribution in [0.4, 0.5) is 0 Å². The number of rotatable bonds is 5. The Hall–Kier alpha value is -3.27. The Labute approximate surface area is 150 Å². The lowest BCUT2D eigenvalue weighted by atomic mass is 10.3. The molecule has 0 aliphatic heterocycles. The van der Waals surface area contributed by atoms with Crippen LogP contribution in [0.25, 0.3) is 21.7 Å². The standard InChI is InChI=1S/C16H13N5O4S/c1-20-15-11(6-18-20)16(23)21(9-17-15)7-14(22)24-8-10-5-12(25-19-10)13-3-2-4-26-13/h2-6,9H,7-8H2,1H3. The summed E-state index contributed by atoms with van der Waals surface area (Å²) in [6, 6.07) is 5.54. The van der Waals surface area contributed by atoms with Gasteiger partial charge in [0.1, 0.15) is 30.6 Å². The lowest BCUT2D eigenvalue weighted by molar-refractivity contribution is -0.145. The van der Waals surface area contributed by atoms with Crippen molar-refractivity contribution in [1.82, 2.24) is 24.5 Å². The van der Waals surface area contributed by atoms with E-state index in [0.29, 0.717) is 22.5 Å². The average molecular weight is 371 g/mol. The summed E-state index contributed by atoms with van der Waals surface area (Å²) in [5.41, 5.74) is 0.611. The zero-order valence-electron chi connectivity index (χ0n) is 13.7. The van der Waals surface area contributed by atoms with Gasteiger partial charge in [-0.3, -0.25) is 18.8 Å². The molecule has 26 heavy (non-hydrogen) atoms. The normalized spacial score (nSPS) is 11.1. The van der Waals surface area contributed by atoms with Crippen LogP contribution in [0, 0.1) is 0 Å². The van der Waals surface area contributed by atoms with Crippen molar-refractivity contribution in [1.29, 1.82) is 0 Å². The predicted molar refractivity (Wildman–Crippen MR) is 92.4 cm³/mol. The number of hydrogen-bond donors (Lipinski definition) is 0. The number of thiophene rings is 1. The van der Waals surface area contributed by atoms with E-state index in [1.54, 1.807) is 13.1 Å². The number of aryl methyl sites for hydroxylation is 1. The maximum Gasteiger partial charge on any atom is 0.326 e. The van der Waals surface area contributed by atoms with Gasteiger partial charge in [-0.05, 0) is 11.4 Å². The minimum Gasteiger partial charge on any atom is -0.458 e. The van der Waals surface area contributed by atoms with E-state index in [0.717, 1.165) is 4.88 Å². The summed E-state index contributed by atoms with van der Waals surface area (Å²) in [5.74, 6) is 0.0475. The molecule has 0 atom stereocenters. The maximum atomic E-state index is 12.3. The average Bonchev–Trinajstić information content (AvgIpc) is 3.36. The van der Waals surface area contributed by atoms with E-state index in [-0.39, 0.29) is 18.7 Å². The molecular weight excluding hydrogens is 358 g/mol. The van der Waals surface area contributed by atoms with Crippen molar-refractivity contribution in [2.75, 3.05) is 0 Å². The quantitative estimate of drug-likeness (QED) is 0.491. The molecule has 0 spiro atoms. The van der Waals surface area contributed by atoms with E-state index in [2.05, 4.69) is 15.2 Å². The van der Waals surface area contributed by atoms with Crippen molar-refractivity contribution < 1.29 is 14.1 Å². The SMILES string of the molecule is Cn1ncc2c(=O)n(CC(=O)OCc3cc(-c4cccs4)on3)cnc21. The first kappa shape index (κ1) is 16.2. The van der Waals surface area contributed by atoms with E-state index in [4.69, 9.17) is 9.26 Å². The predicted octanol–water partition coefficient (Wildman–Crippen LogP) is 1.59. The lowest BCUT2D eigenvalue weighted by Gasteiger charge is -2.05. The van der Waals surface area contributed by atoms with Crippen LogP contribution < -0.4 is 5.56 Å². The second-order valence-corrected chi connectivity index (χ2v) is 6.45. The van der Waals surface area contributed by atoms with Gasteiger partial charge in [-0.25, -0.2) is 4.98 Å². The van der Waals surface area contributed by atoms with Gasteiger partial charge in [0.25, 0.3) is 5.56 Å². The minimum atomic E-state index is -0.571.